The van der Waals surface area contributed by atoms with E-state index in [2.05, 4.69) is 0 Å². The number of thioether (sulfide) groups is 1. The smallest absolute Gasteiger partial charge is 0.321 e. The number of aliphatic carboxylic acids is 1. The standard InChI is InChI=1S/C7H15NO4S2/c1-2-14(11,12)4-3-13-5-6(8)7(9)10/h6H,2-5,8H2,1H3,(H,9,10)/t6-/m1/s1. The summed E-state index contributed by atoms with van der Waals surface area (Å²) in [5, 5.41) is 8.43. The SMILES string of the molecule is CCS(=O)(=O)CCSC[C@@H](N)C(=O)O. The summed E-state index contributed by atoms with van der Waals surface area (Å²) < 4.78 is 22.0. The van der Waals surface area contributed by atoms with Gasteiger partial charge in [-0.2, -0.15) is 11.8 Å². The predicted molar refractivity (Wildman–Crippen MR) is 57.3 cm³/mol. The minimum Gasteiger partial charge on any atom is -0.480 e. The lowest BCUT2D eigenvalue weighted by Crippen LogP contribution is -2.32. The second-order valence-electron chi connectivity index (χ2n) is 2.76. The zero-order valence-corrected chi connectivity index (χ0v) is 9.60. The molecule has 0 fully saturated rings. The van der Waals surface area contributed by atoms with Crippen LogP contribution in [-0.2, 0) is 14.6 Å². The predicted octanol–water partition coefficient (Wildman–Crippen LogP) is -0.434. The van der Waals surface area contributed by atoms with Crippen molar-refractivity contribution in [3.63, 3.8) is 0 Å². The van der Waals surface area contributed by atoms with Crippen LogP contribution in [0.15, 0.2) is 0 Å². The van der Waals surface area contributed by atoms with Gasteiger partial charge in [0.05, 0.1) is 5.75 Å². The number of nitrogens with two attached hydrogens (primary N) is 1. The molecule has 0 radical (unpaired) electrons. The minimum absolute atomic E-state index is 0.0838. The minimum atomic E-state index is -2.95. The third-order valence-electron chi connectivity index (χ3n) is 1.59. The lowest BCUT2D eigenvalue weighted by molar-refractivity contribution is -0.137. The topological polar surface area (TPSA) is 97.5 Å². The molecule has 0 aliphatic carbocycles. The summed E-state index contributed by atoms with van der Waals surface area (Å²) in [4.78, 5) is 10.3. The summed E-state index contributed by atoms with van der Waals surface area (Å²) in [5.74, 6) is -0.207. The van der Waals surface area contributed by atoms with Gasteiger partial charge in [-0.05, 0) is 0 Å². The van der Waals surface area contributed by atoms with E-state index >= 15 is 0 Å². The quantitative estimate of drug-likeness (QED) is 0.587. The average Bonchev–Trinajstić information content (AvgIpc) is 2.12. The number of rotatable bonds is 7. The molecule has 0 spiro atoms. The molecule has 0 bridgehead atoms. The molecule has 5 nitrogen and oxygen atoms in total. The van der Waals surface area contributed by atoms with Gasteiger partial charge in [0.2, 0.25) is 0 Å². The first-order valence-corrected chi connectivity index (χ1v) is 7.13. The molecule has 0 aromatic rings. The number of hydrogen-bond donors (Lipinski definition) is 2. The molecule has 84 valence electrons. The molecule has 0 aromatic heterocycles. The molecule has 7 heteroatoms. The lowest BCUT2D eigenvalue weighted by atomic mass is 10.4. The van der Waals surface area contributed by atoms with Crippen molar-refractivity contribution in [1.29, 1.82) is 0 Å². The van der Waals surface area contributed by atoms with Crippen LogP contribution in [0, 0.1) is 0 Å². The van der Waals surface area contributed by atoms with E-state index in [0.717, 1.165) is 0 Å². The Morgan fingerprint density at radius 2 is 2.14 bits per heavy atom. The summed E-state index contributed by atoms with van der Waals surface area (Å²) in [6.07, 6.45) is 0. The number of carboxylic acid groups (broad SMARTS) is 1. The van der Waals surface area contributed by atoms with Crippen LogP contribution in [0.5, 0.6) is 0 Å². The molecule has 0 aliphatic heterocycles. The Balaban J connectivity index is 3.62. The van der Waals surface area contributed by atoms with Crippen LogP contribution in [0.3, 0.4) is 0 Å². The molecule has 0 saturated heterocycles. The monoisotopic (exact) mass is 241 g/mol. The van der Waals surface area contributed by atoms with Crippen molar-refractivity contribution in [2.24, 2.45) is 5.73 Å². The fourth-order valence-corrected chi connectivity index (χ4v) is 2.95. The van der Waals surface area contributed by atoms with Gasteiger partial charge in [0, 0.05) is 17.3 Å². The Hall–Kier alpha value is -0.270. The Kier molecular flexibility index (Phi) is 6.14. The molecule has 0 amide bonds. The van der Waals surface area contributed by atoms with Gasteiger partial charge >= 0.3 is 5.97 Å². The van der Waals surface area contributed by atoms with E-state index in [-0.39, 0.29) is 17.3 Å². The zero-order valence-electron chi connectivity index (χ0n) is 7.97. The summed E-state index contributed by atoms with van der Waals surface area (Å²) in [6, 6.07) is -0.913. The molecule has 3 N–H and O–H groups in total. The second-order valence-corrected chi connectivity index (χ2v) is 6.38. The molecule has 0 aromatic carbocycles. The van der Waals surface area contributed by atoms with Gasteiger partial charge in [-0.1, -0.05) is 6.92 Å². The van der Waals surface area contributed by atoms with E-state index in [1.54, 1.807) is 6.92 Å². The van der Waals surface area contributed by atoms with E-state index in [1.165, 1.54) is 11.8 Å². The highest BCUT2D eigenvalue weighted by Crippen LogP contribution is 2.04. The molecular formula is C7H15NO4S2. The van der Waals surface area contributed by atoms with Gasteiger partial charge in [-0.25, -0.2) is 8.42 Å². The van der Waals surface area contributed by atoms with Crippen molar-refractivity contribution >= 4 is 27.6 Å². The van der Waals surface area contributed by atoms with Gasteiger partial charge in [-0.15, -0.1) is 0 Å². The summed E-state index contributed by atoms with van der Waals surface area (Å²) in [5.41, 5.74) is 5.23. The zero-order chi connectivity index (χ0) is 11.2. The van der Waals surface area contributed by atoms with E-state index < -0.39 is 21.8 Å². The van der Waals surface area contributed by atoms with Crippen LogP contribution in [0.25, 0.3) is 0 Å². The number of carboxylic acids is 1. The highest BCUT2D eigenvalue weighted by molar-refractivity contribution is 8.00. The average molecular weight is 241 g/mol. The van der Waals surface area contributed by atoms with Crippen molar-refractivity contribution in [3.8, 4) is 0 Å². The molecular weight excluding hydrogens is 226 g/mol. The largest absolute Gasteiger partial charge is 0.480 e. The molecule has 1 atom stereocenters. The van der Waals surface area contributed by atoms with Crippen LogP contribution >= 0.6 is 11.8 Å². The lowest BCUT2D eigenvalue weighted by Gasteiger charge is -2.05. The number of hydrogen-bond acceptors (Lipinski definition) is 5. The van der Waals surface area contributed by atoms with Crippen molar-refractivity contribution < 1.29 is 18.3 Å². The highest BCUT2D eigenvalue weighted by Gasteiger charge is 2.12. The molecule has 0 aliphatic rings. The van der Waals surface area contributed by atoms with Crippen molar-refractivity contribution in [2.75, 3.05) is 23.0 Å². The van der Waals surface area contributed by atoms with E-state index in [0.29, 0.717) is 5.75 Å². The normalized spacial score (nSPS) is 13.9. The molecule has 14 heavy (non-hydrogen) atoms. The van der Waals surface area contributed by atoms with Gasteiger partial charge in [0.15, 0.2) is 9.84 Å². The van der Waals surface area contributed by atoms with Gasteiger partial charge in [0.1, 0.15) is 6.04 Å². The van der Waals surface area contributed by atoms with E-state index in [1.807, 2.05) is 0 Å². The maximum atomic E-state index is 11.0. The van der Waals surface area contributed by atoms with Gasteiger partial charge < -0.3 is 10.8 Å². The molecule has 0 heterocycles. The van der Waals surface area contributed by atoms with Crippen molar-refractivity contribution in [2.45, 2.75) is 13.0 Å². The highest BCUT2D eigenvalue weighted by atomic mass is 32.2. The first-order chi connectivity index (χ1) is 6.39. The van der Waals surface area contributed by atoms with Gasteiger partial charge in [0.25, 0.3) is 0 Å². The van der Waals surface area contributed by atoms with E-state index in [4.69, 9.17) is 10.8 Å². The van der Waals surface area contributed by atoms with Crippen molar-refractivity contribution in [3.05, 3.63) is 0 Å². The van der Waals surface area contributed by atoms with Crippen LogP contribution in [0.4, 0.5) is 0 Å². The fraction of sp³-hybridized carbons (Fsp3) is 0.857. The van der Waals surface area contributed by atoms with Crippen LogP contribution in [0.1, 0.15) is 6.92 Å². The Labute approximate surface area is 88.0 Å². The third kappa shape index (κ3) is 6.22. The summed E-state index contributed by atoms with van der Waals surface area (Å²) >= 11 is 1.25. The van der Waals surface area contributed by atoms with Crippen LogP contribution in [0.2, 0.25) is 0 Å². The van der Waals surface area contributed by atoms with Crippen molar-refractivity contribution in [1.82, 2.24) is 0 Å². The van der Waals surface area contributed by atoms with E-state index in [9.17, 15) is 13.2 Å². The third-order valence-corrected chi connectivity index (χ3v) is 4.64. The summed E-state index contributed by atoms with van der Waals surface area (Å²) in [6.45, 7) is 1.59. The molecule has 0 saturated carbocycles. The first-order valence-electron chi connectivity index (χ1n) is 4.15. The fourth-order valence-electron chi connectivity index (χ4n) is 0.612. The maximum Gasteiger partial charge on any atom is 0.321 e. The Bertz CT molecular complexity index is 275. The molecule has 0 unspecified atom stereocenters. The molecule has 0 rings (SSSR count). The van der Waals surface area contributed by atoms with Crippen LogP contribution in [-0.4, -0.2) is 48.5 Å². The van der Waals surface area contributed by atoms with Gasteiger partial charge in [-0.3, -0.25) is 4.79 Å². The summed E-state index contributed by atoms with van der Waals surface area (Å²) in [7, 11) is -2.95. The second kappa shape index (κ2) is 6.26. The Morgan fingerprint density at radius 1 is 1.57 bits per heavy atom. The van der Waals surface area contributed by atoms with Crippen LogP contribution < -0.4 is 5.73 Å². The number of carbonyl (C=O) groups is 1. The maximum absolute atomic E-state index is 11.0. The first kappa shape index (κ1) is 13.7. The Morgan fingerprint density at radius 3 is 2.57 bits per heavy atom. The number of sulfone groups is 1.